The fourth-order valence-electron chi connectivity index (χ4n) is 2.13. The van der Waals surface area contributed by atoms with Crippen LogP contribution in [0.25, 0.3) is 0 Å². The van der Waals surface area contributed by atoms with Crippen LogP contribution in [0.1, 0.15) is 39.5 Å². The molecule has 0 aliphatic heterocycles. The third-order valence-corrected chi connectivity index (χ3v) is 3.66. The molecule has 0 atom stereocenters. The van der Waals surface area contributed by atoms with Gasteiger partial charge in [-0.25, -0.2) is 0 Å². The molecule has 0 spiro atoms. The molecule has 0 aromatic heterocycles. The second-order valence-corrected chi connectivity index (χ2v) is 5.34. The summed E-state index contributed by atoms with van der Waals surface area (Å²) < 4.78 is 5.27. The summed E-state index contributed by atoms with van der Waals surface area (Å²) in [6.07, 6.45) is 4.06. The van der Waals surface area contributed by atoms with Crippen molar-refractivity contribution in [1.82, 2.24) is 5.32 Å². The Labute approximate surface area is 110 Å². The van der Waals surface area contributed by atoms with Gasteiger partial charge >= 0.3 is 0 Å². The van der Waals surface area contributed by atoms with Crippen LogP contribution in [0.5, 0.6) is 0 Å². The van der Waals surface area contributed by atoms with Gasteiger partial charge in [0.15, 0.2) is 0 Å². The molecular weight excluding hydrogens is 240 g/mol. The number of nitrogens with one attached hydrogen (secondary N) is 1. The summed E-state index contributed by atoms with van der Waals surface area (Å²) in [4.78, 5) is 12.1. The maximum atomic E-state index is 12.1. The molecule has 0 bridgehead atoms. The molecular formula is C12H25ClN2O2. The number of hydrogen-bond donors (Lipinski definition) is 2. The Morgan fingerprint density at radius 3 is 2.35 bits per heavy atom. The lowest BCUT2D eigenvalue weighted by Gasteiger charge is -2.29. The van der Waals surface area contributed by atoms with Crippen LogP contribution >= 0.6 is 12.4 Å². The molecule has 0 radical (unpaired) electrons. The number of carbonyl (C=O) groups is 1. The van der Waals surface area contributed by atoms with E-state index in [4.69, 9.17) is 10.5 Å². The summed E-state index contributed by atoms with van der Waals surface area (Å²) in [6, 6.07) is 0. The molecule has 1 aliphatic carbocycles. The SMILES string of the molecule is COC(C)(C)CNC(=O)C1(CN)CCCC1.Cl. The van der Waals surface area contributed by atoms with E-state index >= 15 is 0 Å². The van der Waals surface area contributed by atoms with Crippen molar-refractivity contribution in [2.24, 2.45) is 11.1 Å². The summed E-state index contributed by atoms with van der Waals surface area (Å²) in [7, 11) is 1.65. The van der Waals surface area contributed by atoms with Gasteiger partial charge in [0.25, 0.3) is 0 Å². The summed E-state index contributed by atoms with van der Waals surface area (Å²) in [5.41, 5.74) is 5.12. The van der Waals surface area contributed by atoms with Crippen LogP contribution in [-0.2, 0) is 9.53 Å². The predicted octanol–water partition coefficient (Wildman–Crippen LogP) is 1.47. The van der Waals surface area contributed by atoms with E-state index in [1.807, 2.05) is 13.8 Å². The summed E-state index contributed by atoms with van der Waals surface area (Å²) >= 11 is 0. The predicted molar refractivity (Wildman–Crippen MR) is 71.3 cm³/mol. The molecule has 0 saturated heterocycles. The molecule has 102 valence electrons. The van der Waals surface area contributed by atoms with Gasteiger partial charge in [0.1, 0.15) is 0 Å². The number of ether oxygens (including phenoxy) is 1. The van der Waals surface area contributed by atoms with Crippen LogP contribution in [0.3, 0.4) is 0 Å². The molecule has 1 fully saturated rings. The largest absolute Gasteiger partial charge is 0.377 e. The van der Waals surface area contributed by atoms with Crippen LogP contribution < -0.4 is 11.1 Å². The van der Waals surface area contributed by atoms with Gasteiger partial charge in [-0.1, -0.05) is 12.8 Å². The van der Waals surface area contributed by atoms with Crippen molar-refractivity contribution in [3.63, 3.8) is 0 Å². The van der Waals surface area contributed by atoms with Crippen LogP contribution in [0.4, 0.5) is 0 Å². The Hall–Kier alpha value is -0.320. The fraction of sp³-hybridized carbons (Fsp3) is 0.917. The quantitative estimate of drug-likeness (QED) is 0.790. The highest BCUT2D eigenvalue weighted by molar-refractivity contribution is 5.85. The fourth-order valence-corrected chi connectivity index (χ4v) is 2.13. The molecule has 3 N–H and O–H groups in total. The second kappa shape index (κ2) is 6.57. The van der Waals surface area contributed by atoms with E-state index in [0.29, 0.717) is 13.1 Å². The number of rotatable bonds is 5. The third kappa shape index (κ3) is 4.12. The zero-order chi connectivity index (χ0) is 12.2. The van der Waals surface area contributed by atoms with E-state index in [1.165, 1.54) is 0 Å². The van der Waals surface area contributed by atoms with Gasteiger partial charge in [-0.15, -0.1) is 12.4 Å². The van der Waals surface area contributed by atoms with Crippen molar-refractivity contribution in [3.05, 3.63) is 0 Å². The van der Waals surface area contributed by atoms with E-state index in [9.17, 15) is 4.79 Å². The number of hydrogen-bond acceptors (Lipinski definition) is 3. The smallest absolute Gasteiger partial charge is 0.227 e. The molecule has 0 aromatic carbocycles. The van der Waals surface area contributed by atoms with Crippen molar-refractivity contribution < 1.29 is 9.53 Å². The first-order chi connectivity index (χ1) is 7.46. The highest BCUT2D eigenvalue weighted by Gasteiger charge is 2.40. The summed E-state index contributed by atoms with van der Waals surface area (Å²) in [5, 5.41) is 2.96. The first-order valence-electron chi connectivity index (χ1n) is 5.99. The van der Waals surface area contributed by atoms with Crippen molar-refractivity contribution in [1.29, 1.82) is 0 Å². The van der Waals surface area contributed by atoms with Gasteiger partial charge in [-0.2, -0.15) is 0 Å². The average molecular weight is 265 g/mol. The zero-order valence-corrected chi connectivity index (χ0v) is 11.9. The van der Waals surface area contributed by atoms with E-state index < -0.39 is 0 Å². The van der Waals surface area contributed by atoms with Crippen LogP contribution in [-0.4, -0.2) is 31.7 Å². The Morgan fingerprint density at radius 1 is 1.41 bits per heavy atom. The lowest BCUT2D eigenvalue weighted by molar-refractivity contribution is -0.131. The number of nitrogens with two attached hydrogens (primary N) is 1. The van der Waals surface area contributed by atoms with Crippen molar-refractivity contribution in [2.45, 2.75) is 45.1 Å². The molecule has 4 nitrogen and oxygen atoms in total. The minimum atomic E-state index is -0.316. The maximum Gasteiger partial charge on any atom is 0.227 e. The Kier molecular flexibility index (Phi) is 6.45. The average Bonchev–Trinajstić information content (AvgIpc) is 2.76. The van der Waals surface area contributed by atoms with Gasteiger partial charge in [-0.3, -0.25) is 4.79 Å². The van der Waals surface area contributed by atoms with Gasteiger partial charge < -0.3 is 15.8 Å². The maximum absolute atomic E-state index is 12.1. The molecule has 0 aromatic rings. The van der Waals surface area contributed by atoms with Crippen LogP contribution in [0.2, 0.25) is 0 Å². The first kappa shape index (κ1) is 16.7. The molecule has 1 saturated carbocycles. The summed E-state index contributed by atoms with van der Waals surface area (Å²) in [6.45, 7) is 4.89. The lowest BCUT2D eigenvalue weighted by Crippen LogP contribution is -2.48. The topological polar surface area (TPSA) is 64.3 Å². The summed E-state index contributed by atoms with van der Waals surface area (Å²) in [5.74, 6) is 0.0950. The normalized spacial score (nSPS) is 18.6. The minimum Gasteiger partial charge on any atom is -0.377 e. The monoisotopic (exact) mass is 264 g/mol. The Morgan fingerprint density at radius 2 is 1.94 bits per heavy atom. The number of halogens is 1. The highest BCUT2D eigenvalue weighted by Crippen LogP contribution is 2.37. The van der Waals surface area contributed by atoms with Gasteiger partial charge in [0.05, 0.1) is 11.0 Å². The van der Waals surface area contributed by atoms with Crippen molar-refractivity contribution in [2.75, 3.05) is 20.2 Å². The van der Waals surface area contributed by atoms with E-state index in [0.717, 1.165) is 25.7 Å². The van der Waals surface area contributed by atoms with Gasteiger partial charge in [0, 0.05) is 20.2 Å². The standard InChI is InChI=1S/C12H24N2O2.ClH/c1-11(2,16-3)9-14-10(15)12(8-13)6-4-5-7-12;/h4-9,13H2,1-3H3,(H,14,15);1H. The molecule has 0 unspecified atom stereocenters. The van der Waals surface area contributed by atoms with E-state index in [-0.39, 0.29) is 29.3 Å². The molecule has 1 amide bonds. The molecule has 1 rings (SSSR count). The van der Waals surface area contributed by atoms with Gasteiger partial charge in [0.2, 0.25) is 5.91 Å². The van der Waals surface area contributed by atoms with Crippen molar-refractivity contribution >= 4 is 18.3 Å². The van der Waals surface area contributed by atoms with E-state index in [1.54, 1.807) is 7.11 Å². The molecule has 17 heavy (non-hydrogen) atoms. The Bertz CT molecular complexity index is 251. The third-order valence-electron chi connectivity index (χ3n) is 3.66. The Balaban J connectivity index is 0.00000256. The molecule has 5 heteroatoms. The molecule has 0 heterocycles. The minimum absolute atomic E-state index is 0. The molecule has 1 aliphatic rings. The number of amides is 1. The lowest BCUT2D eigenvalue weighted by atomic mass is 9.85. The van der Waals surface area contributed by atoms with Crippen LogP contribution in [0.15, 0.2) is 0 Å². The first-order valence-corrected chi connectivity index (χ1v) is 5.99. The number of methoxy groups -OCH3 is 1. The van der Waals surface area contributed by atoms with Crippen molar-refractivity contribution in [3.8, 4) is 0 Å². The second-order valence-electron chi connectivity index (χ2n) is 5.34. The number of carbonyl (C=O) groups excluding carboxylic acids is 1. The van der Waals surface area contributed by atoms with Crippen LogP contribution in [0, 0.1) is 5.41 Å². The van der Waals surface area contributed by atoms with Gasteiger partial charge in [-0.05, 0) is 26.7 Å². The zero-order valence-electron chi connectivity index (χ0n) is 11.0. The highest BCUT2D eigenvalue weighted by atomic mass is 35.5. The van der Waals surface area contributed by atoms with E-state index in [2.05, 4.69) is 5.32 Å².